The zero-order valence-corrected chi connectivity index (χ0v) is 15.9. The number of rotatable bonds is 4. The molecule has 0 aliphatic rings. The normalized spacial score (nSPS) is 10.5. The number of amides is 1. The third kappa shape index (κ3) is 4.86. The van der Waals surface area contributed by atoms with Gasteiger partial charge in [0.15, 0.2) is 0 Å². The molecule has 0 saturated carbocycles. The molecular formula is C19H21FN4OS. The summed E-state index contributed by atoms with van der Waals surface area (Å²) >= 11 is 1.62. The van der Waals surface area contributed by atoms with Gasteiger partial charge in [0.1, 0.15) is 12.0 Å². The number of hydrazone groups is 1. The predicted molar refractivity (Wildman–Crippen MR) is 108 cm³/mol. The van der Waals surface area contributed by atoms with Crippen molar-refractivity contribution in [1.29, 1.82) is 0 Å². The van der Waals surface area contributed by atoms with E-state index < -0.39 is 5.91 Å². The molecule has 3 aromatic rings. The maximum Gasteiger partial charge on any atom is 0.268 e. The van der Waals surface area contributed by atoms with E-state index in [-0.39, 0.29) is 5.82 Å². The average molecular weight is 372 g/mol. The highest BCUT2D eigenvalue weighted by Crippen LogP contribution is 2.29. The van der Waals surface area contributed by atoms with Crippen LogP contribution in [0, 0.1) is 19.7 Å². The summed E-state index contributed by atoms with van der Waals surface area (Å²) in [6.45, 7) is 7.95. The summed E-state index contributed by atoms with van der Waals surface area (Å²) in [7, 11) is 0. The molecule has 0 aliphatic carbocycles. The molecule has 3 rings (SSSR count). The van der Waals surface area contributed by atoms with Gasteiger partial charge in [-0.2, -0.15) is 5.10 Å². The second-order valence-electron chi connectivity index (χ2n) is 5.19. The van der Waals surface area contributed by atoms with Crippen LogP contribution in [0.3, 0.4) is 0 Å². The average Bonchev–Trinajstić information content (AvgIpc) is 3.02. The maximum absolute atomic E-state index is 12.8. The minimum Gasteiger partial charge on any atom is -0.321 e. The quantitative estimate of drug-likeness (QED) is 0.494. The lowest BCUT2D eigenvalue weighted by molar-refractivity contribution is -0.109. The molecule has 0 fully saturated rings. The summed E-state index contributed by atoms with van der Waals surface area (Å²) in [4.78, 5) is 16.2. The lowest BCUT2D eigenvalue weighted by atomic mass is 10.2. The Morgan fingerprint density at radius 2 is 1.85 bits per heavy atom. The molecule has 2 aromatic carbocycles. The zero-order chi connectivity index (χ0) is 19.1. The van der Waals surface area contributed by atoms with Crippen molar-refractivity contribution in [2.45, 2.75) is 27.7 Å². The van der Waals surface area contributed by atoms with E-state index in [4.69, 9.17) is 0 Å². The van der Waals surface area contributed by atoms with Crippen LogP contribution in [-0.4, -0.2) is 17.1 Å². The van der Waals surface area contributed by atoms with Crippen molar-refractivity contribution in [3.05, 3.63) is 52.8 Å². The molecule has 0 spiro atoms. The van der Waals surface area contributed by atoms with Crippen molar-refractivity contribution in [3.8, 4) is 0 Å². The minimum absolute atomic E-state index is 0.354. The fraction of sp³-hybridized carbons (Fsp3) is 0.211. The van der Waals surface area contributed by atoms with E-state index in [0.717, 1.165) is 32.7 Å². The van der Waals surface area contributed by atoms with Crippen LogP contribution < -0.4 is 10.7 Å². The Hall–Kier alpha value is -2.80. The van der Waals surface area contributed by atoms with E-state index in [2.05, 4.69) is 20.8 Å². The van der Waals surface area contributed by atoms with Crippen LogP contribution in [0.15, 0.2) is 41.5 Å². The Bertz CT molecular complexity index is 919. The van der Waals surface area contributed by atoms with Gasteiger partial charge in [-0.3, -0.25) is 10.2 Å². The number of nitrogens with one attached hydrogen (secondary N) is 2. The smallest absolute Gasteiger partial charge is 0.268 e. The summed E-state index contributed by atoms with van der Waals surface area (Å²) in [5.74, 6) is -0.756. The molecule has 0 unspecified atom stereocenters. The Morgan fingerprint density at radius 3 is 2.54 bits per heavy atom. The van der Waals surface area contributed by atoms with E-state index in [0.29, 0.717) is 5.69 Å². The predicted octanol–water partition coefficient (Wildman–Crippen LogP) is 5.11. The maximum atomic E-state index is 12.8. The molecule has 0 atom stereocenters. The summed E-state index contributed by atoms with van der Waals surface area (Å²) in [6.07, 6.45) is 1.14. The Labute approximate surface area is 156 Å². The number of fused-ring (bicyclic) bond motifs is 1. The number of thiazole rings is 1. The number of hydrogen-bond acceptors (Lipinski definition) is 5. The number of aryl methyl sites for hydroxylation is 2. The zero-order valence-electron chi connectivity index (χ0n) is 15.1. The number of halogens is 1. The Morgan fingerprint density at radius 1 is 1.15 bits per heavy atom. The number of hydrogen-bond donors (Lipinski definition) is 2. The van der Waals surface area contributed by atoms with Crippen molar-refractivity contribution in [2.24, 2.45) is 5.10 Å². The third-order valence-corrected chi connectivity index (χ3v) is 4.50. The number of carbonyl (C=O) groups is 1. The van der Waals surface area contributed by atoms with Crippen LogP contribution in [0.4, 0.5) is 15.8 Å². The molecule has 136 valence electrons. The first-order chi connectivity index (χ1) is 12.5. The number of carbonyl (C=O) groups excluding carboxylic acids is 1. The monoisotopic (exact) mass is 372 g/mol. The molecule has 26 heavy (non-hydrogen) atoms. The van der Waals surface area contributed by atoms with Gasteiger partial charge in [-0.1, -0.05) is 13.8 Å². The topological polar surface area (TPSA) is 66.4 Å². The van der Waals surface area contributed by atoms with Crippen molar-refractivity contribution < 1.29 is 9.18 Å². The van der Waals surface area contributed by atoms with Crippen molar-refractivity contribution >= 4 is 45.0 Å². The number of nitrogens with zero attached hydrogens (tertiary/aromatic N) is 2. The molecular weight excluding hydrogens is 351 g/mol. The van der Waals surface area contributed by atoms with E-state index in [1.165, 1.54) is 24.3 Å². The fourth-order valence-corrected chi connectivity index (χ4v) is 3.14. The molecule has 2 N–H and O–H groups in total. The van der Waals surface area contributed by atoms with Gasteiger partial charge in [-0.25, -0.2) is 9.37 Å². The van der Waals surface area contributed by atoms with Crippen LogP contribution in [-0.2, 0) is 4.79 Å². The fourth-order valence-electron chi connectivity index (χ4n) is 2.22. The minimum atomic E-state index is -0.401. The molecule has 0 saturated heterocycles. The van der Waals surface area contributed by atoms with Crippen LogP contribution in [0.5, 0.6) is 0 Å². The first-order valence-corrected chi connectivity index (χ1v) is 9.07. The van der Waals surface area contributed by atoms with Crippen LogP contribution in [0.1, 0.15) is 24.4 Å². The van der Waals surface area contributed by atoms with Gasteiger partial charge in [0.05, 0.1) is 20.9 Å². The van der Waals surface area contributed by atoms with Gasteiger partial charge >= 0.3 is 0 Å². The van der Waals surface area contributed by atoms with Gasteiger partial charge in [0.25, 0.3) is 5.91 Å². The molecule has 1 heterocycles. The van der Waals surface area contributed by atoms with Crippen molar-refractivity contribution in [1.82, 2.24) is 4.98 Å². The Kier molecular flexibility index (Phi) is 6.80. The lowest BCUT2D eigenvalue weighted by Gasteiger charge is -2.05. The van der Waals surface area contributed by atoms with Gasteiger partial charge < -0.3 is 5.32 Å². The number of aromatic nitrogens is 1. The standard InChI is InChI=1S/C17H15FN4OS.C2H6/c1-10-14(7-8-15-17(10)24-11(2)20-15)22-19-9-16(23)21-13-5-3-12(18)4-6-13;1-2/h3-9,22H,1-2H3,(H,21,23);1-2H3/b19-9+;. The van der Waals surface area contributed by atoms with Crippen LogP contribution in [0.25, 0.3) is 10.2 Å². The van der Waals surface area contributed by atoms with Crippen LogP contribution in [0.2, 0.25) is 0 Å². The molecule has 1 aromatic heterocycles. The van der Waals surface area contributed by atoms with E-state index >= 15 is 0 Å². The third-order valence-electron chi connectivity index (χ3n) is 3.39. The summed E-state index contributed by atoms with van der Waals surface area (Å²) in [5, 5.41) is 7.56. The van der Waals surface area contributed by atoms with E-state index in [1.807, 2.05) is 39.8 Å². The van der Waals surface area contributed by atoms with Crippen LogP contribution >= 0.6 is 11.3 Å². The molecule has 7 heteroatoms. The van der Waals surface area contributed by atoms with E-state index in [1.54, 1.807) is 11.3 Å². The Balaban J connectivity index is 0.00000117. The molecule has 5 nitrogen and oxygen atoms in total. The molecule has 0 radical (unpaired) electrons. The van der Waals surface area contributed by atoms with Crippen molar-refractivity contribution in [3.63, 3.8) is 0 Å². The van der Waals surface area contributed by atoms with Gasteiger partial charge in [0.2, 0.25) is 0 Å². The highest BCUT2D eigenvalue weighted by Gasteiger charge is 2.07. The summed E-state index contributed by atoms with van der Waals surface area (Å²) in [6, 6.07) is 9.33. The number of anilines is 2. The van der Waals surface area contributed by atoms with E-state index in [9.17, 15) is 9.18 Å². The number of benzene rings is 2. The highest BCUT2D eigenvalue weighted by atomic mass is 32.1. The SMILES string of the molecule is CC.Cc1nc2ccc(N/N=C/C(=O)Nc3ccc(F)cc3)c(C)c2s1. The molecule has 0 bridgehead atoms. The molecule has 0 aliphatic heterocycles. The van der Waals surface area contributed by atoms with Crippen molar-refractivity contribution in [2.75, 3.05) is 10.7 Å². The molecule has 1 amide bonds. The highest BCUT2D eigenvalue weighted by molar-refractivity contribution is 7.18. The lowest BCUT2D eigenvalue weighted by Crippen LogP contribution is -2.13. The first kappa shape index (κ1) is 19.5. The second kappa shape index (κ2) is 9.05. The van der Waals surface area contributed by atoms with Gasteiger partial charge in [-0.05, 0) is 55.8 Å². The first-order valence-electron chi connectivity index (χ1n) is 8.25. The van der Waals surface area contributed by atoms with Gasteiger partial charge in [0, 0.05) is 5.69 Å². The largest absolute Gasteiger partial charge is 0.321 e. The second-order valence-corrected chi connectivity index (χ2v) is 6.39. The summed E-state index contributed by atoms with van der Waals surface area (Å²) < 4.78 is 13.9. The summed E-state index contributed by atoms with van der Waals surface area (Å²) in [5.41, 5.74) is 6.18. The van der Waals surface area contributed by atoms with Gasteiger partial charge in [-0.15, -0.1) is 11.3 Å².